The summed E-state index contributed by atoms with van der Waals surface area (Å²) in [5.41, 5.74) is 2.45. The van der Waals surface area contributed by atoms with Crippen molar-refractivity contribution in [3.63, 3.8) is 0 Å². The molecule has 4 aliphatic rings. The van der Waals surface area contributed by atoms with Gasteiger partial charge < -0.3 is 24.1 Å². The molecular weight excluding hydrogens is 452 g/mol. The lowest BCUT2D eigenvalue weighted by atomic mass is 9.74. The van der Waals surface area contributed by atoms with E-state index in [4.69, 9.17) is 18.9 Å². The van der Waals surface area contributed by atoms with Crippen LogP contribution in [0.15, 0.2) is 30.4 Å². The monoisotopic (exact) mass is 498 g/mol. The lowest BCUT2D eigenvalue weighted by Gasteiger charge is -2.32. The molecular formula is C31H46O5. The van der Waals surface area contributed by atoms with Crippen LogP contribution in [0.1, 0.15) is 88.7 Å². The molecule has 2 unspecified atom stereocenters. The Kier molecular flexibility index (Phi) is 9.40. The highest BCUT2D eigenvalue weighted by molar-refractivity contribution is 5.42. The first-order valence-corrected chi connectivity index (χ1v) is 14.7. The Morgan fingerprint density at radius 1 is 1.03 bits per heavy atom. The fraction of sp³-hybridized carbons (Fsp3) is 0.742. The quantitative estimate of drug-likeness (QED) is 0.287. The number of hydrogen-bond acceptors (Lipinski definition) is 5. The topological polar surface area (TPSA) is 57.2 Å². The minimum absolute atomic E-state index is 0.0708. The molecule has 3 fully saturated rings. The van der Waals surface area contributed by atoms with Crippen molar-refractivity contribution in [2.24, 2.45) is 17.8 Å². The number of unbranched alkanes of at least 4 members (excludes halogenated alkanes) is 2. The number of phenols is 1. The van der Waals surface area contributed by atoms with Gasteiger partial charge in [0.1, 0.15) is 5.75 Å². The largest absolute Gasteiger partial charge is 0.508 e. The Morgan fingerprint density at radius 2 is 1.83 bits per heavy atom. The second-order valence-electron chi connectivity index (χ2n) is 11.4. The van der Waals surface area contributed by atoms with Crippen LogP contribution in [0.25, 0.3) is 0 Å². The van der Waals surface area contributed by atoms with Gasteiger partial charge in [-0.05, 0) is 93.2 Å². The number of aromatic hydroxyl groups is 1. The Hall–Kier alpha value is -1.40. The van der Waals surface area contributed by atoms with E-state index in [0.29, 0.717) is 23.5 Å². The Labute approximate surface area is 217 Å². The summed E-state index contributed by atoms with van der Waals surface area (Å²) in [5, 5.41) is 10.5. The number of phenolic OH excluding ortho intramolecular Hbond substituents is 1. The summed E-state index contributed by atoms with van der Waals surface area (Å²) in [4.78, 5) is 0. The van der Waals surface area contributed by atoms with E-state index in [1.165, 1.54) is 37.7 Å². The molecule has 0 spiro atoms. The van der Waals surface area contributed by atoms with Gasteiger partial charge in [0.15, 0.2) is 12.6 Å². The zero-order chi connectivity index (χ0) is 24.7. The van der Waals surface area contributed by atoms with Crippen molar-refractivity contribution in [1.82, 2.24) is 0 Å². The normalized spacial score (nSPS) is 33.4. The molecule has 0 amide bonds. The summed E-state index contributed by atoms with van der Waals surface area (Å²) in [5.74, 6) is 1.83. The highest BCUT2D eigenvalue weighted by atomic mass is 16.7. The van der Waals surface area contributed by atoms with Crippen molar-refractivity contribution in [2.75, 3.05) is 13.2 Å². The molecule has 200 valence electrons. The van der Waals surface area contributed by atoms with Gasteiger partial charge in [-0.1, -0.05) is 50.5 Å². The maximum absolute atomic E-state index is 10.5. The number of benzene rings is 1. The average molecular weight is 499 g/mol. The molecule has 5 heteroatoms. The van der Waals surface area contributed by atoms with Crippen molar-refractivity contribution in [2.45, 2.75) is 115 Å². The Bertz CT molecular complexity index is 841. The van der Waals surface area contributed by atoms with Crippen LogP contribution in [-0.2, 0) is 31.8 Å². The van der Waals surface area contributed by atoms with E-state index < -0.39 is 0 Å². The second-order valence-corrected chi connectivity index (χ2v) is 11.4. The van der Waals surface area contributed by atoms with Gasteiger partial charge in [-0.2, -0.15) is 0 Å². The van der Waals surface area contributed by atoms with Crippen LogP contribution >= 0.6 is 0 Å². The highest BCUT2D eigenvalue weighted by Crippen LogP contribution is 2.48. The number of fused-ring (bicyclic) bond motifs is 2. The molecule has 7 atom stereocenters. The maximum atomic E-state index is 10.5. The Balaban J connectivity index is 1.33. The standard InChI is InChI=1S/C31H46O5/c1-2-3-4-11-24(35-30-13-5-7-17-33-30)15-16-25-26-19-22-10-9-12-28(32)27(22)20-23(26)21-29(25)36-31-14-6-8-18-34-31/h9-10,12,15-16,23-26,29-32H,2-8,11,13-14,17-21H2,1H3/b16-15+/t23-,24-,25+,26-,29+,30?,31?/m0/s1. The van der Waals surface area contributed by atoms with Gasteiger partial charge in [0.05, 0.1) is 12.2 Å². The highest BCUT2D eigenvalue weighted by Gasteiger charge is 2.46. The molecule has 5 nitrogen and oxygen atoms in total. The molecule has 0 aromatic heterocycles. The van der Waals surface area contributed by atoms with Crippen LogP contribution in [0.5, 0.6) is 5.75 Å². The molecule has 1 aromatic carbocycles. The molecule has 2 aliphatic heterocycles. The van der Waals surface area contributed by atoms with Crippen molar-refractivity contribution >= 4 is 0 Å². The van der Waals surface area contributed by atoms with Crippen LogP contribution in [0.3, 0.4) is 0 Å². The average Bonchev–Trinajstić information content (AvgIpc) is 3.23. The van der Waals surface area contributed by atoms with Crippen LogP contribution in [0.2, 0.25) is 0 Å². The molecule has 5 rings (SSSR count). The van der Waals surface area contributed by atoms with Gasteiger partial charge in [0, 0.05) is 19.1 Å². The third-order valence-electron chi connectivity index (χ3n) is 8.80. The van der Waals surface area contributed by atoms with Crippen LogP contribution in [0, 0.1) is 17.8 Å². The fourth-order valence-electron chi connectivity index (χ4n) is 6.82. The third kappa shape index (κ3) is 6.53. The van der Waals surface area contributed by atoms with E-state index in [-0.39, 0.29) is 24.8 Å². The fourth-order valence-corrected chi connectivity index (χ4v) is 6.82. The minimum Gasteiger partial charge on any atom is -0.508 e. The predicted molar refractivity (Wildman–Crippen MR) is 141 cm³/mol. The number of ether oxygens (including phenoxy) is 4. The number of hydrogen-bond donors (Lipinski definition) is 1. The van der Waals surface area contributed by atoms with Gasteiger partial charge in [-0.25, -0.2) is 0 Å². The SMILES string of the molecule is CCCCC[C@@H](/C=C/[C@@H]1[C@H]2Cc3cccc(O)c3C[C@H]2C[C@H]1OC1CCCCO1)OC1CCCCO1. The molecule has 0 radical (unpaired) electrons. The van der Waals surface area contributed by atoms with Gasteiger partial charge in [-0.3, -0.25) is 0 Å². The summed E-state index contributed by atoms with van der Waals surface area (Å²) in [6, 6.07) is 6.02. The molecule has 2 saturated heterocycles. The van der Waals surface area contributed by atoms with E-state index in [1.807, 2.05) is 12.1 Å². The van der Waals surface area contributed by atoms with E-state index in [2.05, 4.69) is 25.1 Å². The second kappa shape index (κ2) is 12.9. The van der Waals surface area contributed by atoms with Crippen LogP contribution in [-0.4, -0.2) is 43.1 Å². The molecule has 2 heterocycles. The zero-order valence-corrected chi connectivity index (χ0v) is 22.1. The zero-order valence-electron chi connectivity index (χ0n) is 22.1. The summed E-state index contributed by atoms with van der Waals surface area (Å²) >= 11 is 0. The molecule has 1 aromatic rings. The minimum atomic E-state index is -0.0807. The van der Waals surface area contributed by atoms with E-state index in [9.17, 15) is 5.11 Å². The number of rotatable bonds is 10. The first-order valence-electron chi connectivity index (χ1n) is 14.7. The van der Waals surface area contributed by atoms with E-state index >= 15 is 0 Å². The van der Waals surface area contributed by atoms with Crippen LogP contribution < -0.4 is 0 Å². The summed E-state index contributed by atoms with van der Waals surface area (Å²) < 4.78 is 25.1. The van der Waals surface area contributed by atoms with Crippen molar-refractivity contribution in [1.29, 1.82) is 0 Å². The van der Waals surface area contributed by atoms with Gasteiger partial charge in [0.2, 0.25) is 0 Å². The first-order chi connectivity index (χ1) is 17.7. The summed E-state index contributed by atoms with van der Waals surface area (Å²) in [7, 11) is 0. The van der Waals surface area contributed by atoms with Gasteiger partial charge in [0.25, 0.3) is 0 Å². The molecule has 36 heavy (non-hydrogen) atoms. The van der Waals surface area contributed by atoms with E-state index in [1.54, 1.807) is 0 Å². The molecule has 1 saturated carbocycles. The summed E-state index contributed by atoms with van der Waals surface area (Å²) in [6.07, 6.45) is 19.1. The van der Waals surface area contributed by atoms with Crippen molar-refractivity contribution < 1.29 is 24.1 Å². The first kappa shape index (κ1) is 26.2. The predicted octanol–water partition coefficient (Wildman–Crippen LogP) is 6.70. The van der Waals surface area contributed by atoms with Gasteiger partial charge >= 0.3 is 0 Å². The third-order valence-corrected chi connectivity index (χ3v) is 8.80. The molecule has 2 aliphatic carbocycles. The lowest BCUT2D eigenvalue weighted by molar-refractivity contribution is -0.193. The van der Waals surface area contributed by atoms with Crippen LogP contribution in [0.4, 0.5) is 0 Å². The smallest absolute Gasteiger partial charge is 0.158 e. The van der Waals surface area contributed by atoms with Crippen molar-refractivity contribution in [3.05, 3.63) is 41.5 Å². The van der Waals surface area contributed by atoms with E-state index in [0.717, 1.165) is 70.1 Å². The maximum Gasteiger partial charge on any atom is 0.158 e. The molecule has 1 N–H and O–H groups in total. The lowest BCUT2D eigenvalue weighted by Crippen LogP contribution is -2.32. The van der Waals surface area contributed by atoms with Crippen molar-refractivity contribution in [3.8, 4) is 5.75 Å². The Morgan fingerprint density at radius 3 is 2.58 bits per heavy atom. The van der Waals surface area contributed by atoms with Gasteiger partial charge in [-0.15, -0.1) is 0 Å². The summed E-state index contributed by atoms with van der Waals surface area (Å²) in [6.45, 7) is 3.87. The molecule has 0 bridgehead atoms.